The first-order chi connectivity index (χ1) is 14.0. The van der Waals surface area contributed by atoms with E-state index in [1.165, 1.54) is 11.3 Å². The molecule has 0 unspecified atom stereocenters. The zero-order valence-electron chi connectivity index (χ0n) is 16.8. The highest BCUT2D eigenvalue weighted by Gasteiger charge is 2.12. The van der Waals surface area contributed by atoms with E-state index < -0.39 is 0 Å². The van der Waals surface area contributed by atoms with Crippen molar-refractivity contribution in [3.05, 3.63) is 65.2 Å². The third-order valence-electron chi connectivity index (χ3n) is 4.26. The molecule has 0 aliphatic heterocycles. The van der Waals surface area contributed by atoms with E-state index in [-0.39, 0.29) is 5.91 Å². The highest BCUT2D eigenvalue weighted by molar-refractivity contribution is 7.13. The molecule has 7 heteroatoms. The van der Waals surface area contributed by atoms with Crippen molar-refractivity contribution in [2.75, 3.05) is 34.4 Å². The molecular weight excluding hydrogens is 386 g/mol. The molecule has 3 rings (SSSR count). The van der Waals surface area contributed by atoms with Crippen LogP contribution in [0.3, 0.4) is 0 Å². The van der Waals surface area contributed by atoms with Crippen LogP contribution < -0.4 is 14.8 Å². The van der Waals surface area contributed by atoms with Gasteiger partial charge in [-0.15, -0.1) is 11.3 Å². The number of hydrogen-bond donors (Lipinski definition) is 1. The Morgan fingerprint density at radius 1 is 1.07 bits per heavy atom. The van der Waals surface area contributed by atoms with Crippen molar-refractivity contribution < 1.29 is 14.3 Å². The van der Waals surface area contributed by atoms with Crippen LogP contribution in [0.15, 0.2) is 53.9 Å². The second kappa shape index (κ2) is 10.0. The third-order valence-corrected chi connectivity index (χ3v) is 5.15. The van der Waals surface area contributed by atoms with E-state index in [0.717, 1.165) is 34.2 Å². The number of nitrogens with zero attached hydrogens (tertiary/aromatic N) is 2. The molecule has 2 aromatic carbocycles. The number of rotatable bonds is 9. The Labute approximate surface area is 175 Å². The van der Waals surface area contributed by atoms with Gasteiger partial charge in [-0.2, -0.15) is 0 Å². The van der Waals surface area contributed by atoms with Crippen molar-refractivity contribution in [3.63, 3.8) is 0 Å². The maximum Gasteiger partial charge on any atom is 0.271 e. The van der Waals surface area contributed by atoms with Crippen molar-refractivity contribution in [3.8, 4) is 22.1 Å². The summed E-state index contributed by atoms with van der Waals surface area (Å²) in [6, 6.07) is 15.4. The zero-order valence-corrected chi connectivity index (χ0v) is 17.7. The molecule has 0 spiro atoms. The van der Waals surface area contributed by atoms with Gasteiger partial charge in [-0.3, -0.25) is 4.79 Å². The Morgan fingerprint density at radius 2 is 1.76 bits per heavy atom. The molecule has 0 radical (unpaired) electrons. The van der Waals surface area contributed by atoms with E-state index in [4.69, 9.17) is 9.47 Å². The molecule has 0 aliphatic carbocycles. The predicted molar refractivity (Wildman–Crippen MR) is 116 cm³/mol. The van der Waals surface area contributed by atoms with E-state index in [0.29, 0.717) is 18.8 Å². The molecule has 0 saturated heterocycles. The van der Waals surface area contributed by atoms with Gasteiger partial charge in [0.15, 0.2) is 0 Å². The number of hydrogen-bond acceptors (Lipinski definition) is 6. The number of carbonyl (C=O) groups excluding carboxylic acids is 1. The smallest absolute Gasteiger partial charge is 0.271 e. The van der Waals surface area contributed by atoms with Crippen LogP contribution in [-0.2, 0) is 6.54 Å². The number of benzene rings is 2. The van der Waals surface area contributed by atoms with Crippen molar-refractivity contribution in [2.24, 2.45) is 0 Å². The van der Waals surface area contributed by atoms with Crippen LogP contribution in [0.25, 0.3) is 10.6 Å². The number of ether oxygens (including phenoxy) is 2. The minimum Gasteiger partial charge on any atom is -0.497 e. The van der Waals surface area contributed by atoms with Gasteiger partial charge in [-0.05, 0) is 56.1 Å². The maximum absolute atomic E-state index is 12.4. The number of carbonyl (C=O) groups is 1. The van der Waals surface area contributed by atoms with Gasteiger partial charge < -0.3 is 19.7 Å². The standard InChI is InChI=1S/C22H25N3O3S/c1-25(2)12-13-28-19-8-4-16(5-9-19)14-23-21(26)20-15-29-22(24-20)17-6-10-18(27-3)11-7-17/h4-11,15H,12-14H2,1-3H3,(H,23,26). The van der Waals surface area contributed by atoms with E-state index >= 15 is 0 Å². The van der Waals surface area contributed by atoms with E-state index in [2.05, 4.69) is 15.2 Å². The normalized spacial score (nSPS) is 10.8. The van der Waals surface area contributed by atoms with Gasteiger partial charge in [0.05, 0.1) is 7.11 Å². The van der Waals surface area contributed by atoms with Crippen LogP contribution in [0.5, 0.6) is 11.5 Å². The molecule has 0 aliphatic rings. The first kappa shape index (κ1) is 20.8. The lowest BCUT2D eigenvalue weighted by Crippen LogP contribution is -2.23. The van der Waals surface area contributed by atoms with Gasteiger partial charge in [0, 0.05) is 24.0 Å². The van der Waals surface area contributed by atoms with Gasteiger partial charge in [-0.1, -0.05) is 12.1 Å². The average Bonchev–Trinajstić information content (AvgIpc) is 3.23. The predicted octanol–water partition coefficient (Wildman–Crippen LogP) is 3.69. The molecule has 1 amide bonds. The van der Waals surface area contributed by atoms with Gasteiger partial charge in [-0.25, -0.2) is 4.98 Å². The summed E-state index contributed by atoms with van der Waals surface area (Å²) in [6.07, 6.45) is 0. The second-order valence-corrected chi connectivity index (χ2v) is 7.60. The number of methoxy groups -OCH3 is 1. The molecule has 6 nitrogen and oxygen atoms in total. The quantitative estimate of drug-likeness (QED) is 0.582. The van der Waals surface area contributed by atoms with Crippen molar-refractivity contribution in [1.29, 1.82) is 0 Å². The Kier molecular flexibility index (Phi) is 7.21. The molecule has 0 saturated carbocycles. The molecule has 0 fully saturated rings. The van der Waals surface area contributed by atoms with Gasteiger partial charge in [0.1, 0.15) is 28.8 Å². The first-order valence-electron chi connectivity index (χ1n) is 9.30. The second-order valence-electron chi connectivity index (χ2n) is 6.74. The molecule has 3 aromatic rings. The highest BCUT2D eigenvalue weighted by Crippen LogP contribution is 2.25. The lowest BCUT2D eigenvalue weighted by Gasteiger charge is -2.11. The number of likely N-dealkylation sites (N-methyl/N-ethyl adjacent to an activating group) is 1. The molecule has 1 aromatic heterocycles. The fraction of sp³-hybridized carbons (Fsp3) is 0.273. The van der Waals surface area contributed by atoms with Crippen LogP contribution >= 0.6 is 11.3 Å². The fourth-order valence-electron chi connectivity index (χ4n) is 2.57. The molecule has 29 heavy (non-hydrogen) atoms. The lowest BCUT2D eigenvalue weighted by molar-refractivity contribution is 0.0946. The molecule has 1 N–H and O–H groups in total. The molecular formula is C22H25N3O3S. The summed E-state index contributed by atoms with van der Waals surface area (Å²) in [7, 11) is 5.65. The van der Waals surface area contributed by atoms with Crippen LogP contribution in [0.4, 0.5) is 0 Å². The Morgan fingerprint density at radius 3 is 2.41 bits per heavy atom. The summed E-state index contributed by atoms with van der Waals surface area (Å²) in [5, 5.41) is 5.49. The van der Waals surface area contributed by atoms with Crippen LogP contribution in [0.2, 0.25) is 0 Å². The summed E-state index contributed by atoms with van der Waals surface area (Å²) in [6.45, 7) is 1.94. The summed E-state index contributed by atoms with van der Waals surface area (Å²) >= 11 is 1.44. The van der Waals surface area contributed by atoms with Crippen LogP contribution in [-0.4, -0.2) is 50.1 Å². The van der Waals surface area contributed by atoms with E-state index in [9.17, 15) is 4.79 Å². The summed E-state index contributed by atoms with van der Waals surface area (Å²) < 4.78 is 10.8. The summed E-state index contributed by atoms with van der Waals surface area (Å²) in [4.78, 5) is 18.9. The van der Waals surface area contributed by atoms with Crippen LogP contribution in [0, 0.1) is 0 Å². The number of aromatic nitrogens is 1. The lowest BCUT2D eigenvalue weighted by atomic mass is 10.2. The summed E-state index contributed by atoms with van der Waals surface area (Å²) in [5.41, 5.74) is 2.38. The Bertz CT molecular complexity index is 921. The van der Waals surface area contributed by atoms with Gasteiger partial charge in [0.2, 0.25) is 0 Å². The molecule has 0 atom stereocenters. The van der Waals surface area contributed by atoms with Gasteiger partial charge in [0.25, 0.3) is 5.91 Å². The average molecular weight is 412 g/mol. The molecule has 152 valence electrons. The monoisotopic (exact) mass is 411 g/mol. The van der Waals surface area contributed by atoms with E-state index in [1.807, 2.05) is 62.6 Å². The minimum absolute atomic E-state index is 0.188. The summed E-state index contributed by atoms with van der Waals surface area (Å²) in [5.74, 6) is 1.43. The highest BCUT2D eigenvalue weighted by atomic mass is 32.1. The number of amides is 1. The van der Waals surface area contributed by atoms with Crippen molar-refractivity contribution in [2.45, 2.75) is 6.54 Å². The van der Waals surface area contributed by atoms with Crippen LogP contribution in [0.1, 0.15) is 16.1 Å². The Balaban J connectivity index is 1.52. The van der Waals surface area contributed by atoms with Crippen molar-refractivity contribution >= 4 is 17.2 Å². The van der Waals surface area contributed by atoms with Crippen molar-refractivity contribution in [1.82, 2.24) is 15.2 Å². The largest absolute Gasteiger partial charge is 0.497 e. The SMILES string of the molecule is COc1ccc(-c2nc(C(=O)NCc3ccc(OCCN(C)C)cc3)cs2)cc1. The zero-order chi connectivity index (χ0) is 20.6. The third kappa shape index (κ3) is 6.04. The Hall–Kier alpha value is -2.90. The minimum atomic E-state index is -0.188. The molecule has 1 heterocycles. The number of nitrogens with one attached hydrogen (secondary N) is 1. The fourth-order valence-corrected chi connectivity index (χ4v) is 3.37. The maximum atomic E-state index is 12.4. The molecule has 0 bridgehead atoms. The number of thiazole rings is 1. The first-order valence-corrected chi connectivity index (χ1v) is 10.2. The van der Waals surface area contributed by atoms with Gasteiger partial charge >= 0.3 is 0 Å². The van der Waals surface area contributed by atoms with E-state index in [1.54, 1.807) is 12.5 Å². The topological polar surface area (TPSA) is 63.7 Å².